The second-order valence-electron chi connectivity index (χ2n) is 5.67. The van der Waals surface area contributed by atoms with Crippen LogP contribution in [0, 0.1) is 5.92 Å². The molecule has 0 radical (unpaired) electrons. The maximum atomic E-state index is 12.0. The average molecular weight is 224 g/mol. The van der Waals surface area contributed by atoms with E-state index >= 15 is 0 Å². The van der Waals surface area contributed by atoms with Gasteiger partial charge in [-0.25, -0.2) is 0 Å². The number of hydrogen-bond acceptors (Lipinski definition) is 2. The van der Waals surface area contributed by atoms with Gasteiger partial charge in [0.05, 0.1) is 6.04 Å². The zero-order valence-corrected chi connectivity index (χ0v) is 10.5. The molecular weight excluding hydrogens is 200 g/mol. The van der Waals surface area contributed by atoms with Gasteiger partial charge in [0, 0.05) is 12.1 Å². The van der Waals surface area contributed by atoms with Crippen LogP contribution < -0.4 is 10.6 Å². The standard InChI is InChI=1S/C13H24N2O/c1-9-6-7-11(8-9)15-13(16)12-5-3-4-10(2)14-12/h9-12,14H,3-8H2,1-2H3,(H,15,16). The molecule has 0 aromatic heterocycles. The van der Waals surface area contributed by atoms with E-state index in [0.29, 0.717) is 12.1 Å². The van der Waals surface area contributed by atoms with Crippen LogP contribution in [0.3, 0.4) is 0 Å². The van der Waals surface area contributed by atoms with E-state index in [1.165, 1.54) is 19.3 Å². The van der Waals surface area contributed by atoms with Crippen molar-refractivity contribution in [3.05, 3.63) is 0 Å². The summed E-state index contributed by atoms with van der Waals surface area (Å²) in [5.74, 6) is 1.01. The van der Waals surface area contributed by atoms with Crippen molar-refractivity contribution in [3.63, 3.8) is 0 Å². The molecule has 1 heterocycles. The third kappa shape index (κ3) is 2.97. The molecule has 4 atom stereocenters. The molecule has 0 bridgehead atoms. The van der Waals surface area contributed by atoms with Crippen molar-refractivity contribution >= 4 is 5.91 Å². The Hall–Kier alpha value is -0.570. The molecule has 3 heteroatoms. The van der Waals surface area contributed by atoms with Crippen molar-refractivity contribution in [1.82, 2.24) is 10.6 Å². The molecule has 1 aliphatic heterocycles. The molecule has 0 aromatic carbocycles. The van der Waals surface area contributed by atoms with E-state index in [9.17, 15) is 4.79 Å². The maximum absolute atomic E-state index is 12.0. The van der Waals surface area contributed by atoms with Crippen molar-refractivity contribution in [2.45, 2.75) is 70.5 Å². The summed E-state index contributed by atoms with van der Waals surface area (Å²) in [7, 11) is 0. The maximum Gasteiger partial charge on any atom is 0.237 e. The lowest BCUT2D eigenvalue weighted by Gasteiger charge is -2.28. The van der Waals surface area contributed by atoms with Crippen LogP contribution in [0.5, 0.6) is 0 Å². The first-order valence-electron chi connectivity index (χ1n) is 6.71. The number of nitrogens with one attached hydrogen (secondary N) is 2. The molecule has 1 aliphatic carbocycles. The normalized spacial score (nSPS) is 39.6. The second-order valence-corrected chi connectivity index (χ2v) is 5.67. The molecule has 3 nitrogen and oxygen atoms in total. The summed E-state index contributed by atoms with van der Waals surface area (Å²) in [6.45, 7) is 4.43. The fraction of sp³-hybridized carbons (Fsp3) is 0.923. The van der Waals surface area contributed by atoms with E-state index in [4.69, 9.17) is 0 Å². The highest BCUT2D eigenvalue weighted by Gasteiger charge is 2.28. The van der Waals surface area contributed by atoms with Crippen LogP contribution in [0.2, 0.25) is 0 Å². The van der Waals surface area contributed by atoms with Crippen LogP contribution in [0.25, 0.3) is 0 Å². The molecule has 92 valence electrons. The molecule has 1 saturated heterocycles. The lowest BCUT2D eigenvalue weighted by molar-refractivity contribution is -0.124. The van der Waals surface area contributed by atoms with E-state index in [0.717, 1.165) is 25.2 Å². The van der Waals surface area contributed by atoms with Crippen molar-refractivity contribution in [2.24, 2.45) is 5.92 Å². The van der Waals surface area contributed by atoms with Gasteiger partial charge in [0.1, 0.15) is 0 Å². The topological polar surface area (TPSA) is 41.1 Å². The van der Waals surface area contributed by atoms with Gasteiger partial charge in [-0.05, 0) is 51.4 Å². The highest BCUT2D eigenvalue weighted by atomic mass is 16.2. The first kappa shape index (κ1) is 11.9. The van der Waals surface area contributed by atoms with Gasteiger partial charge in [-0.1, -0.05) is 6.92 Å². The van der Waals surface area contributed by atoms with Crippen LogP contribution in [0.4, 0.5) is 0 Å². The molecular formula is C13H24N2O. The number of amides is 1. The van der Waals surface area contributed by atoms with Crippen LogP contribution in [-0.2, 0) is 4.79 Å². The Kier molecular flexibility index (Phi) is 3.85. The average Bonchev–Trinajstić information content (AvgIpc) is 2.64. The Morgan fingerprint density at radius 2 is 2.00 bits per heavy atom. The first-order chi connectivity index (χ1) is 7.65. The number of piperidine rings is 1. The number of rotatable bonds is 2. The van der Waals surface area contributed by atoms with Crippen LogP contribution >= 0.6 is 0 Å². The molecule has 1 saturated carbocycles. The number of hydrogen-bond donors (Lipinski definition) is 2. The third-order valence-corrected chi connectivity index (χ3v) is 3.97. The molecule has 2 N–H and O–H groups in total. The number of carbonyl (C=O) groups excluding carboxylic acids is 1. The summed E-state index contributed by atoms with van der Waals surface area (Å²) in [4.78, 5) is 12.0. The summed E-state index contributed by atoms with van der Waals surface area (Å²) >= 11 is 0. The van der Waals surface area contributed by atoms with E-state index in [1.54, 1.807) is 0 Å². The van der Waals surface area contributed by atoms with Gasteiger partial charge in [-0.3, -0.25) is 4.79 Å². The Morgan fingerprint density at radius 3 is 2.62 bits per heavy atom. The lowest BCUT2D eigenvalue weighted by Crippen LogP contribution is -2.51. The van der Waals surface area contributed by atoms with E-state index in [2.05, 4.69) is 24.5 Å². The summed E-state index contributed by atoms with van der Waals surface area (Å²) in [6.07, 6.45) is 6.96. The second kappa shape index (κ2) is 5.17. The Bertz CT molecular complexity index is 254. The molecule has 16 heavy (non-hydrogen) atoms. The summed E-state index contributed by atoms with van der Waals surface area (Å²) < 4.78 is 0. The van der Waals surface area contributed by atoms with Gasteiger partial charge >= 0.3 is 0 Å². The highest BCUT2D eigenvalue weighted by molar-refractivity contribution is 5.82. The van der Waals surface area contributed by atoms with Gasteiger partial charge in [-0.15, -0.1) is 0 Å². The highest BCUT2D eigenvalue weighted by Crippen LogP contribution is 2.24. The largest absolute Gasteiger partial charge is 0.352 e. The fourth-order valence-electron chi connectivity index (χ4n) is 2.99. The quantitative estimate of drug-likeness (QED) is 0.751. The van der Waals surface area contributed by atoms with Gasteiger partial charge in [-0.2, -0.15) is 0 Å². The Balaban J connectivity index is 1.78. The number of carbonyl (C=O) groups is 1. The monoisotopic (exact) mass is 224 g/mol. The molecule has 0 spiro atoms. The van der Waals surface area contributed by atoms with Crippen molar-refractivity contribution in [1.29, 1.82) is 0 Å². The predicted octanol–water partition coefficient (Wildman–Crippen LogP) is 1.82. The summed E-state index contributed by atoms with van der Waals surface area (Å²) in [5, 5.41) is 6.59. The molecule has 2 fully saturated rings. The van der Waals surface area contributed by atoms with Gasteiger partial charge in [0.25, 0.3) is 0 Å². The van der Waals surface area contributed by atoms with E-state index < -0.39 is 0 Å². The zero-order valence-electron chi connectivity index (χ0n) is 10.5. The smallest absolute Gasteiger partial charge is 0.237 e. The SMILES string of the molecule is CC1CCC(NC(=O)C2CCCC(C)N2)C1. The van der Waals surface area contributed by atoms with Crippen LogP contribution in [0.15, 0.2) is 0 Å². The zero-order chi connectivity index (χ0) is 11.5. The third-order valence-electron chi connectivity index (χ3n) is 3.97. The predicted molar refractivity (Wildman–Crippen MR) is 65.2 cm³/mol. The summed E-state index contributed by atoms with van der Waals surface area (Å²) in [6, 6.07) is 0.980. The molecule has 2 rings (SSSR count). The minimum atomic E-state index is 0.0552. The molecule has 4 unspecified atom stereocenters. The summed E-state index contributed by atoms with van der Waals surface area (Å²) in [5.41, 5.74) is 0. The molecule has 1 amide bonds. The van der Waals surface area contributed by atoms with Crippen molar-refractivity contribution < 1.29 is 4.79 Å². The van der Waals surface area contributed by atoms with Gasteiger partial charge in [0.2, 0.25) is 5.91 Å². The minimum absolute atomic E-state index is 0.0552. The van der Waals surface area contributed by atoms with Crippen LogP contribution in [0.1, 0.15) is 52.4 Å². The molecule has 0 aromatic rings. The first-order valence-corrected chi connectivity index (χ1v) is 6.71. The van der Waals surface area contributed by atoms with E-state index in [1.807, 2.05) is 0 Å². The van der Waals surface area contributed by atoms with Crippen molar-refractivity contribution in [2.75, 3.05) is 0 Å². The Labute approximate surface area is 98.4 Å². The van der Waals surface area contributed by atoms with Crippen molar-refractivity contribution in [3.8, 4) is 0 Å². The van der Waals surface area contributed by atoms with Crippen LogP contribution in [-0.4, -0.2) is 24.0 Å². The van der Waals surface area contributed by atoms with Gasteiger partial charge < -0.3 is 10.6 Å². The Morgan fingerprint density at radius 1 is 1.19 bits per heavy atom. The lowest BCUT2D eigenvalue weighted by atomic mass is 9.99. The molecule has 2 aliphatic rings. The van der Waals surface area contributed by atoms with E-state index in [-0.39, 0.29) is 11.9 Å². The van der Waals surface area contributed by atoms with Gasteiger partial charge in [0.15, 0.2) is 0 Å². The minimum Gasteiger partial charge on any atom is -0.352 e. The fourth-order valence-corrected chi connectivity index (χ4v) is 2.99.